The molecular formula is C26H29NO4. The highest BCUT2D eigenvalue weighted by Crippen LogP contribution is 2.51. The van der Waals surface area contributed by atoms with Crippen LogP contribution in [0.3, 0.4) is 0 Å². The second kappa shape index (κ2) is 8.04. The van der Waals surface area contributed by atoms with Gasteiger partial charge in [-0.15, -0.1) is 0 Å². The highest BCUT2D eigenvalue weighted by atomic mass is 16.6. The Morgan fingerprint density at radius 2 is 1.97 bits per heavy atom. The zero-order valence-electron chi connectivity index (χ0n) is 18.3. The molecular weight excluding hydrogens is 390 g/mol. The molecule has 0 amide bonds. The molecule has 0 saturated heterocycles. The molecule has 2 aromatic carbocycles. The average molecular weight is 420 g/mol. The zero-order chi connectivity index (χ0) is 21.5. The monoisotopic (exact) mass is 419 g/mol. The van der Waals surface area contributed by atoms with Gasteiger partial charge in [0.15, 0.2) is 17.6 Å². The first-order valence-corrected chi connectivity index (χ1v) is 11.1. The van der Waals surface area contributed by atoms with E-state index in [2.05, 4.69) is 31.0 Å². The first-order valence-electron chi connectivity index (χ1n) is 11.1. The van der Waals surface area contributed by atoms with Gasteiger partial charge in [-0.2, -0.15) is 0 Å². The number of hydrogen-bond donors (Lipinski definition) is 0. The van der Waals surface area contributed by atoms with Crippen molar-refractivity contribution in [3.63, 3.8) is 0 Å². The maximum Gasteiger partial charge on any atom is 0.343 e. The van der Waals surface area contributed by atoms with Gasteiger partial charge in [-0.3, -0.25) is 0 Å². The molecule has 0 fully saturated rings. The summed E-state index contributed by atoms with van der Waals surface area (Å²) in [5.41, 5.74) is 3.10. The van der Waals surface area contributed by atoms with Crippen LogP contribution in [0.5, 0.6) is 11.5 Å². The molecule has 6 rings (SSSR count). The Balaban J connectivity index is 1.59. The van der Waals surface area contributed by atoms with Crippen molar-refractivity contribution >= 4 is 5.97 Å². The SMILES string of the molecule is COc1ccc2c3c1OC1/C(OC(=O)c4ccccc4)=C\CC(C)C(C2)N(C)CCC31. The minimum absolute atomic E-state index is 0.131. The predicted octanol–water partition coefficient (Wildman–Crippen LogP) is 4.57. The Morgan fingerprint density at radius 1 is 1.16 bits per heavy atom. The molecule has 0 saturated carbocycles. The van der Waals surface area contributed by atoms with Gasteiger partial charge in [0.05, 0.1) is 12.7 Å². The van der Waals surface area contributed by atoms with E-state index in [1.54, 1.807) is 19.2 Å². The Hall–Kier alpha value is -2.79. The van der Waals surface area contributed by atoms with Gasteiger partial charge >= 0.3 is 5.97 Å². The summed E-state index contributed by atoms with van der Waals surface area (Å²) < 4.78 is 18.2. The van der Waals surface area contributed by atoms with Crippen LogP contribution in [0.2, 0.25) is 0 Å². The summed E-state index contributed by atoms with van der Waals surface area (Å²) in [5.74, 6) is 2.40. The summed E-state index contributed by atoms with van der Waals surface area (Å²) in [6.45, 7) is 3.27. The maximum atomic E-state index is 12.9. The summed E-state index contributed by atoms with van der Waals surface area (Å²) in [6, 6.07) is 13.8. The number of fused-ring (bicyclic) bond motifs is 4. The van der Waals surface area contributed by atoms with Gasteiger partial charge in [0.2, 0.25) is 0 Å². The number of rotatable bonds is 3. The van der Waals surface area contributed by atoms with E-state index in [4.69, 9.17) is 14.2 Å². The van der Waals surface area contributed by atoms with E-state index in [1.807, 2.05) is 24.3 Å². The molecule has 31 heavy (non-hydrogen) atoms. The number of carbonyl (C=O) groups excluding carboxylic acids is 1. The maximum absolute atomic E-state index is 12.9. The third-order valence-electron chi connectivity index (χ3n) is 7.09. The first-order chi connectivity index (χ1) is 15.1. The third kappa shape index (κ3) is 3.51. The van der Waals surface area contributed by atoms with Crippen LogP contribution in [-0.4, -0.2) is 43.7 Å². The molecule has 4 atom stereocenters. The topological polar surface area (TPSA) is 48.0 Å². The number of likely N-dealkylation sites (N-methyl/N-ethyl adjacent to an activating group) is 1. The van der Waals surface area contributed by atoms with Crippen molar-refractivity contribution in [3.05, 3.63) is 71.0 Å². The van der Waals surface area contributed by atoms with Crippen LogP contribution >= 0.6 is 0 Å². The molecule has 5 nitrogen and oxygen atoms in total. The number of esters is 1. The van der Waals surface area contributed by atoms with Gasteiger partial charge < -0.3 is 19.1 Å². The Kier molecular flexibility index (Phi) is 5.22. The normalized spacial score (nSPS) is 28.8. The number of ether oxygens (including phenoxy) is 3. The van der Waals surface area contributed by atoms with Gasteiger partial charge in [0.25, 0.3) is 0 Å². The standard InChI is InChI=1S/C26H29NO4/c1-16-9-11-22(30-26(28)17-7-5-4-6-8-17)24-19-13-14-27(2)20(16)15-18-10-12-21(29-3)25(31-24)23(18)19/h4-8,10-12,16,19-20,24H,9,13-15H2,1-3H3/b22-11+. The fourth-order valence-corrected chi connectivity index (χ4v) is 5.34. The minimum atomic E-state index is -0.340. The lowest BCUT2D eigenvalue weighted by Crippen LogP contribution is -2.42. The molecule has 4 unspecified atom stereocenters. The van der Waals surface area contributed by atoms with Crippen LogP contribution in [0.15, 0.2) is 54.3 Å². The van der Waals surface area contributed by atoms with E-state index < -0.39 is 0 Å². The molecule has 4 bridgehead atoms. The fraction of sp³-hybridized carbons (Fsp3) is 0.423. The molecule has 5 heteroatoms. The van der Waals surface area contributed by atoms with Gasteiger partial charge in [-0.25, -0.2) is 4.79 Å². The van der Waals surface area contributed by atoms with Gasteiger partial charge in [0, 0.05) is 17.5 Å². The molecule has 0 spiro atoms. The van der Waals surface area contributed by atoms with Crippen molar-refractivity contribution in [2.75, 3.05) is 20.7 Å². The first kappa shape index (κ1) is 20.1. The largest absolute Gasteiger partial charge is 0.493 e. The van der Waals surface area contributed by atoms with Crippen LogP contribution in [0, 0.1) is 5.92 Å². The summed E-state index contributed by atoms with van der Waals surface area (Å²) in [4.78, 5) is 15.4. The molecule has 0 N–H and O–H groups in total. The lowest BCUT2D eigenvalue weighted by Gasteiger charge is -2.37. The molecule has 0 radical (unpaired) electrons. The van der Waals surface area contributed by atoms with E-state index in [1.165, 1.54) is 11.1 Å². The van der Waals surface area contributed by atoms with E-state index in [-0.39, 0.29) is 18.0 Å². The van der Waals surface area contributed by atoms with Crippen molar-refractivity contribution < 1.29 is 19.0 Å². The van der Waals surface area contributed by atoms with Crippen LogP contribution < -0.4 is 9.47 Å². The number of nitrogens with zero attached hydrogens (tertiary/aromatic N) is 1. The van der Waals surface area contributed by atoms with E-state index in [0.29, 0.717) is 23.3 Å². The van der Waals surface area contributed by atoms with Crippen molar-refractivity contribution in [2.45, 2.75) is 44.2 Å². The molecule has 0 aromatic heterocycles. The summed E-state index contributed by atoms with van der Waals surface area (Å²) in [5, 5.41) is 0. The average Bonchev–Trinajstić information content (AvgIpc) is 3.16. The summed E-state index contributed by atoms with van der Waals surface area (Å²) in [6.07, 6.45) is 4.52. The number of carbonyl (C=O) groups is 1. The zero-order valence-corrected chi connectivity index (χ0v) is 18.3. The molecule has 2 aromatic rings. The van der Waals surface area contributed by atoms with E-state index in [9.17, 15) is 4.79 Å². The van der Waals surface area contributed by atoms with Crippen LogP contribution in [-0.2, 0) is 11.2 Å². The van der Waals surface area contributed by atoms with Crippen molar-refractivity contribution in [1.82, 2.24) is 4.90 Å². The Labute approximate surface area is 183 Å². The fourth-order valence-electron chi connectivity index (χ4n) is 5.34. The van der Waals surface area contributed by atoms with Crippen LogP contribution in [0.1, 0.15) is 47.2 Å². The number of methoxy groups -OCH3 is 1. The van der Waals surface area contributed by atoms with Crippen LogP contribution in [0.4, 0.5) is 0 Å². The second-order valence-electron chi connectivity index (χ2n) is 8.93. The van der Waals surface area contributed by atoms with E-state index in [0.717, 1.165) is 37.3 Å². The number of benzene rings is 2. The minimum Gasteiger partial charge on any atom is -0.493 e. The van der Waals surface area contributed by atoms with Crippen LogP contribution in [0.25, 0.3) is 0 Å². The lowest BCUT2D eigenvalue weighted by atomic mass is 9.79. The third-order valence-corrected chi connectivity index (χ3v) is 7.09. The predicted molar refractivity (Wildman–Crippen MR) is 119 cm³/mol. The molecule has 4 aliphatic rings. The molecule has 3 heterocycles. The number of hydrogen-bond acceptors (Lipinski definition) is 5. The molecule has 3 aliphatic heterocycles. The van der Waals surface area contributed by atoms with Gasteiger partial charge in [-0.1, -0.05) is 31.2 Å². The molecule has 1 aliphatic carbocycles. The van der Waals surface area contributed by atoms with Gasteiger partial charge in [0.1, 0.15) is 5.76 Å². The summed E-state index contributed by atoms with van der Waals surface area (Å²) in [7, 11) is 3.90. The van der Waals surface area contributed by atoms with Gasteiger partial charge in [-0.05, 0) is 68.6 Å². The Morgan fingerprint density at radius 3 is 2.74 bits per heavy atom. The highest BCUT2D eigenvalue weighted by Gasteiger charge is 2.44. The quantitative estimate of drug-likeness (QED) is 0.682. The number of allylic oxidation sites excluding steroid dienone is 1. The Bertz CT molecular complexity index is 1020. The lowest BCUT2D eigenvalue weighted by molar-refractivity contribution is 0.0506. The highest BCUT2D eigenvalue weighted by molar-refractivity contribution is 5.90. The van der Waals surface area contributed by atoms with Crippen molar-refractivity contribution in [3.8, 4) is 11.5 Å². The second-order valence-corrected chi connectivity index (χ2v) is 8.93. The molecule has 162 valence electrons. The van der Waals surface area contributed by atoms with Crippen molar-refractivity contribution in [1.29, 1.82) is 0 Å². The van der Waals surface area contributed by atoms with E-state index >= 15 is 0 Å². The smallest absolute Gasteiger partial charge is 0.343 e. The summed E-state index contributed by atoms with van der Waals surface area (Å²) >= 11 is 0. The van der Waals surface area contributed by atoms with Crippen molar-refractivity contribution in [2.24, 2.45) is 5.92 Å².